The van der Waals surface area contributed by atoms with Crippen LogP contribution in [0.1, 0.15) is 36.9 Å². The van der Waals surface area contributed by atoms with Crippen molar-refractivity contribution in [2.24, 2.45) is 10.9 Å². The molecule has 150 valence electrons. The van der Waals surface area contributed by atoms with Crippen LogP contribution in [0.25, 0.3) is 0 Å². The number of allylic oxidation sites excluding steroid dienone is 1. The Kier molecular flexibility index (Phi) is 5.58. The lowest BCUT2D eigenvalue weighted by atomic mass is 9.93. The molecule has 0 saturated carbocycles. The Balaban J connectivity index is 1.77. The molecule has 0 spiro atoms. The van der Waals surface area contributed by atoms with Crippen LogP contribution in [0, 0.1) is 12.8 Å². The van der Waals surface area contributed by atoms with E-state index in [2.05, 4.69) is 28.2 Å². The van der Waals surface area contributed by atoms with Gasteiger partial charge in [-0.3, -0.25) is 9.59 Å². The van der Waals surface area contributed by atoms with Gasteiger partial charge in [0.1, 0.15) is 11.6 Å². The van der Waals surface area contributed by atoms with E-state index in [1.165, 1.54) is 0 Å². The highest BCUT2D eigenvalue weighted by molar-refractivity contribution is 6.14. The second kappa shape index (κ2) is 7.77. The van der Waals surface area contributed by atoms with Crippen LogP contribution in [0.3, 0.4) is 0 Å². The summed E-state index contributed by atoms with van der Waals surface area (Å²) in [6, 6.07) is 5.68. The zero-order chi connectivity index (χ0) is 20.5. The van der Waals surface area contributed by atoms with Crippen molar-refractivity contribution in [1.29, 1.82) is 0 Å². The topological polar surface area (TPSA) is 61.8 Å². The van der Waals surface area contributed by atoms with E-state index in [1.54, 1.807) is 0 Å². The first-order chi connectivity index (χ1) is 13.2. The minimum absolute atomic E-state index is 0.301. The van der Waals surface area contributed by atoms with E-state index in [1.807, 2.05) is 19.1 Å². The molecular weight excluding hydrogens is 371 g/mol. The molecule has 1 aromatic carbocycles. The lowest BCUT2D eigenvalue weighted by molar-refractivity contribution is -0.132. The molecule has 2 aliphatic heterocycles. The van der Waals surface area contributed by atoms with E-state index in [9.17, 15) is 22.8 Å². The Morgan fingerprint density at radius 1 is 1.36 bits per heavy atom. The summed E-state index contributed by atoms with van der Waals surface area (Å²) in [6.07, 6.45) is -1.41. The van der Waals surface area contributed by atoms with Crippen molar-refractivity contribution < 1.29 is 22.8 Å². The number of hydrogen-bond acceptors (Lipinski definition) is 3. The van der Waals surface area contributed by atoms with Gasteiger partial charge in [-0.1, -0.05) is 25.1 Å². The molecule has 2 amide bonds. The van der Waals surface area contributed by atoms with E-state index in [0.29, 0.717) is 12.5 Å². The molecule has 0 fully saturated rings. The Morgan fingerprint density at radius 3 is 2.75 bits per heavy atom. The van der Waals surface area contributed by atoms with Crippen LogP contribution in [0.2, 0.25) is 0 Å². The fourth-order valence-corrected chi connectivity index (χ4v) is 3.55. The third-order valence-electron chi connectivity index (χ3n) is 4.92. The molecule has 1 N–H and O–H groups in total. The van der Waals surface area contributed by atoms with Gasteiger partial charge in [-0.25, -0.2) is 4.99 Å². The maximum atomic E-state index is 12.7. The number of aryl methyl sites for hydroxylation is 1. The quantitative estimate of drug-likeness (QED) is 0.797. The minimum atomic E-state index is -4.71. The van der Waals surface area contributed by atoms with E-state index < -0.39 is 29.6 Å². The molecule has 0 aliphatic carbocycles. The monoisotopic (exact) mass is 393 g/mol. The smallest absolute Gasteiger partial charge is 0.371 e. The number of alkyl halides is 3. The van der Waals surface area contributed by atoms with Crippen molar-refractivity contribution in [3.8, 4) is 0 Å². The predicted octanol–water partition coefficient (Wildman–Crippen LogP) is 3.49. The molecule has 0 bridgehead atoms. The van der Waals surface area contributed by atoms with Crippen molar-refractivity contribution in [1.82, 2.24) is 5.32 Å². The van der Waals surface area contributed by atoms with Crippen LogP contribution in [0.4, 0.5) is 18.9 Å². The summed E-state index contributed by atoms with van der Waals surface area (Å²) in [5, 5.41) is 2.82. The Bertz CT molecular complexity index is 846. The highest BCUT2D eigenvalue weighted by Crippen LogP contribution is 2.35. The summed E-state index contributed by atoms with van der Waals surface area (Å²) in [6.45, 7) is 5.74. The Morgan fingerprint density at radius 2 is 2.11 bits per heavy atom. The molecule has 2 unspecified atom stereocenters. The van der Waals surface area contributed by atoms with Gasteiger partial charge in [0.2, 0.25) is 5.91 Å². The summed E-state index contributed by atoms with van der Waals surface area (Å²) in [5.41, 5.74) is 1.81. The van der Waals surface area contributed by atoms with Crippen LogP contribution < -0.4 is 10.2 Å². The number of halogens is 3. The molecule has 1 aromatic rings. The summed E-state index contributed by atoms with van der Waals surface area (Å²) < 4.78 is 38.0. The number of amides is 2. The number of dihydropyridines is 1. The maximum Gasteiger partial charge on any atom is 0.433 e. The van der Waals surface area contributed by atoms with Crippen LogP contribution in [-0.2, 0) is 9.59 Å². The SMILES string of the molecule is CCCN1CCC(NC(=O)C2C=CC(C(F)(F)F)=NC2=O)c2ccc(C)cc21. The standard InChI is InChI=1S/C20H22F3N3O2/c1-3-9-26-10-8-15(13-5-4-12(2)11-16(13)26)24-18(27)14-6-7-17(20(21,22)23)25-19(14)28/h4-7,11,14-15H,3,8-10H2,1-2H3,(H,24,27). The van der Waals surface area contributed by atoms with E-state index >= 15 is 0 Å². The number of nitrogens with one attached hydrogen (secondary N) is 1. The fraction of sp³-hybridized carbons (Fsp3) is 0.450. The van der Waals surface area contributed by atoms with Crippen molar-refractivity contribution in [3.05, 3.63) is 41.5 Å². The lowest BCUT2D eigenvalue weighted by Crippen LogP contribution is -2.42. The van der Waals surface area contributed by atoms with Crippen molar-refractivity contribution in [2.45, 2.75) is 38.9 Å². The maximum absolute atomic E-state index is 12.7. The average Bonchev–Trinajstić information content (AvgIpc) is 2.62. The van der Waals surface area contributed by atoms with Gasteiger partial charge in [-0.2, -0.15) is 13.2 Å². The molecule has 0 saturated heterocycles. The third kappa shape index (κ3) is 4.10. The predicted molar refractivity (Wildman–Crippen MR) is 100 cm³/mol. The van der Waals surface area contributed by atoms with Crippen LogP contribution >= 0.6 is 0 Å². The number of nitrogens with zero attached hydrogens (tertiary/aromatic N) is 2. The Hall–Kier alpha value is -2.64. The lowest BCUT2D eigenvalue weighted by Gasteiger charge is -2.36. The van der Waals surface area contributed by atoms with Crippen LogP contribution in [-0.4, -0.2) is 36.8 Å². The molecular formula is C20H22F3N3O2. The summed E-state index contributed by atoms with van der Waals surface area (Å²) >= 11 is 0. The Labute approximate surface area is 161 Å². The third-order valence-corrected chi connectivity index (χ3v) is 4.92. The highest BCUT2D eigenvalue weighted by atomic mass is 19.4. The summed E-state index contributed by atoms with van der Waals surface area (Å²) in [4.78, 5) is 29.8. The van der Waals surface area contributed by atoms with Gasteiger partial charge in [0.15, 0.2) is 0 Å². The van der Waals surface area contributed by atoms with Gasteiger partial charge in [0.25, 0.3) is 5.91 Å². The molecule has 2 heterocycles. The van der Waals surface area contributed by atoms with E-state index in [0.717, 1.165) is 42.4 Å². The number of benzene rings is 1. The number of carbonyl (C=O) groups excluding carboxylic acids is 2. The first-order valence-corrected chi connectivity index (χ1v) is 9.24. The molecule has 8 heteroatoms. The molecule has 3 rings (SSSR count). The number of hydrogen-bond donors (Lipinski definition) is 1. The number of anilines is 1. The molecule has 0 radical (unpaired) electrons. The second-order valence-corrected chi connectivity index (χ2v) is 7.07. The van der Waals surface area contributed by atoms with Gasteiger partial charge in [-0.05, 0) is 43.0 Å². The van der Waals surface area contributed by atoms with Gasteiger partial charge >= 0.3 is 6.18 Å². The van der Waals surface area contributed by atoms with E-state index in [4.69, 9.17) is 0 Å². The number of aliphatic imine (C=N–C) groups is 1. The molecule has 0 aromatic heterocycles. The number of rotatable bonds is 4. The van der Waals surface area contributed by atoms with Crippen molar-refractivity contribution in [2.75, 3.05) is 18.0 Å². The minimum Gasteiger partial charge on any atom is -0.371 e. The molecule has 2 aliphatic rings. The van der Waals surface area contributed by atoms with Crippen LogP contribution in [0.5, 0.6) is 0 Å². The van der Waals surface area contributed by atoms with Gasteiger partial charge in [0, 0.05) is 18.8 Å². The summed E-state index contributed by atoms with van der Waals surface area (Å²) in [7, 11) is 0. The molecule has 28 heavy (non-hydrogen) atoms. The van der Waals surface area contributed by atoms with Gasteiger partial charge < -0.3 is 10.2 Å². The zero-order valence-electron chi connectivity index (χ0n) is 15.7. The first-order valence-electron chi connectivity index (χ1n) is 9.24. The number of fused-ring (bicyclic) bond motifs is 1. The first kappa shape index (κ1) is 20.1. The molecule has 2 atom stereocenters. The zero-order valence-corrected chi connectivity index (χ0v) is 15.7. The number of carbonyl (C=O) groups is 2. The van der Waals surface area contributed by atoms with Gasteiger partial charge in [-0.15, -0.1) is 0 Å². The largest absolute Gasteiger partial charge is 0.433 e. The van der Waals surface area contributed by atoms with Crippen molar-refractivity contribution >= 4 is 23.2 Å². The highest BCUT2D eigenvalue weighted by Gasteiger charge is 2.39. The second-order valence-electron chi connectivity index (χ2n) is 7.07. The van der Waals surface area contributed by atoms with Crippen LogP contribution in [0.15, 0.2) is 35.3 Å². The molecule has 5 nitrogen and oxygen atoms in total. The summed E-state index contributed by atoms with van der Waals surface area (Å²) in [5.74, 6) is -3.07. The van der Waals surface area contributed by atoms with Crippen molar-refractivity contribution in [3.63, 3.8) is 0 Å². The normalized spacial score (nSPS) is 22.0. The van der Waals surface area contributed by atoms with E-state index in [-0.39, 0.29) is 6.04 Å². The fourth-order valence-electron chi connectivity index (χ4n) is 3.55. The average molecular weight is 393 g/mol. The van der Waals surface area contributed by atoms with Gasteiger partial charge in [0.05, 0.1) is 6.04 Å².